The van der Waals surface area contributed by atoms with Gasteiger partial charge in [-0.3, -0.25) is 9.59 Å². The van der Waals surface area contributed by atoms with Crippen molar-refractivity contribution in [3.05, 3.63) is 28.7 Å². The van der Waals surface area contributed by atoms with Gasteiger partial charge in [0.2, 0.25) is 5.91 Å². The van der Waals surface area contributed by atoms with Crippen molar-refractivity contribution >= 4 is 5.91 Å². The second-order valence-electron chi connectivity index (χ2n) is 2.82. The van der Waals surface area contributed by atoms with Gasteiger partial charge in [-0.2, -0.15) is 0 Å². The highest BCUT2D eigenvalue weighted by atomic mass is 16.3. The number of hydrogen-bond donors (Lipinski definition) is 2. The predicted octanol–water partition coefficient (Wildman–Crippen LogP) is -0.310. The number of carbonyl (C=O) groups excluding carboxylic acids is 1. The summed E-state index contributed by atoms with van der Waals surface area (Å²) in [4.78, 5) is 22.1. The standard InChI is InChI=1S/C9H12N2O3/c1-10-8(13)4-6-11-5-2-3-7(12)9(11)14/h2-3,5,12H,4,6H2,1H3,(H,10,13). The van der Waals surface area contributed by atoms with Crippen molar-refractivity contribution in [2.24, 2.45) is 0 Å². The van der Waals surface area contributed by atoms with E-state index in [2.05, 4.69) is 5.32 Å². The van der Waals surface area contributed by atoms with E-state index in [4.69, 9.17) is 5.11 Å². The molecule has 1 aromatic heterocycles. The maximum atomic E-state index is 11.3. The number of aromatic nitrogens is 1. The molecule has 1 amide bonds. The van der Waals surface area contributed by atoms with Crippen molar-refractivity contribution in [3.8, 4) is 5.75 Å². The van der Waals surface area contributed by atoms with Crippen molar-refractivity contribution in [1.82, 2.24) is 9.88 Å². The number of hydrogen-bond acceptors (Lipinski definition) is 3. The molecule has 1 heterocycles. The molecule has 0 aromatic carbocycles. The highest BCUT2D eigenvalue weighted by Gasteiger charge is 2.02. The molecule has 1 aromatic rings. The van der Waals surface area contributed by atoms with Gasteiger partial charge in [0, 0.05) is 26.2 Å². The number of nitrogens with zero attached hydrogens (tertiary/aromatic N) is 1. The lowest BCUT2D eigenvalue weighted by Crippen LogP contribution is -2.24. The summed E-state index contributed by atoms with van der Waals surface area (Å²) in [6.45, 7) is 0.271. The van der Waals surface area contributed by atoms with Crippen molar-refractivity contribution in [2.45, 2.75) is 13.0 Å². The topological polar surface area (TPSA) is 71.3 Å². The van der Waals surface area contributed by atoms with Gasteiger partial charge in [0.1, 0.15) is 0 Å². The van der Waals surface area contributed by atoms with Crippen molar-refractivity contribution in [3.63, 3.8) is 0 Å². The van der Waals surface area contributed by atoms with E-state index in [1.54, 1.807) is 6.07 Å². The van der Waals surface area contributed by atoms with Gasteiger partial charge in [-0.15, -0.1) is 0 Å². The van der Waals surface area contributed by atoms with E-state index < -0.39 is 5.56 Å². The largest absolute Gasteiger partial charge is 0.503 e. The molecule has 76 valence electrons. The lowest BCUT2D eigenvalue weighted by Gasteiger charge is -2.04. The van der Waals surface area contributed by atoms with Crippen LogP contribution in [0, 0.1) is 0 Å². The third-order valence-electron chi connectivity index (χ3n) is 1.86. The smallest absolute Gasteiger partial charge is 0.292 e. The van der Waals surface area contributed by atoms with Crippen molar-refractivity contribution in [2.75, 3.05) is 7.05 Å². The van der Waals surface area contributed by atoms with E-state index >= 15 is 0 Å². The fraction of sp³-hybridized carbons (Fsp3) is 0.333. The quantitative estimate of drug-likeness (QED) is 0.696. The number of carbonyl (C=O) groups is 1. The number of rotatable bonds is 3. The first kappa shape index (κ1) is 10.3. The Morgan fingerprint density at radius 3 is 3.00 bits per heavy atom. The van der Waals surface area contributed by atoms with Crippen LogP contribution in [-0.4, -0.2) is 22.6 Å². The lowest BCUT2D eigenvalue weighted by atomic mass is 10.3. The molecule has 14 heavy (non-hydrogen) atoms. The minimum absolute atomic E-state index is 0.139. The van der Waals surface area contributed by atoms with E-state index in [0.717, 1.165) is 0 Å². The Morgan fingerprint density at radius 2 is 2.36 bits per heavy atom. The van der Waals surface area contributed by atoms with Crippen LogP contribution >= 0.6 is 0 Å². The van der Waals surface area contributed by atoms with Gasteiger partial charge in [-0.05, 0) is 12.1 Å². The van der Waals surface area contributed by atoms with Crippen LogP contribution in [0.15, 0.2) is 23.1 Å². The Kier molecular flexibility index (Phi) is 3.28. The molecule has 0 aliphatic rings. The normalized spacial score (nSPS) is 9.79. The SMILES string of the molecule is CNC(=O)CCn1cccc(O)c1=O. The minimum Gasteiger partial charge on any atom is -0.503 e. The van der Waals surface area contributed by atoms with Crippen LogP contribution in [0.2, 0.25) is 0 Å². The van der Waals surface area contributed by atoms with E-state index in [1.165, 1.54) is 23.9 Å². The summed E-state index contributed by atoms with van der Waals surface area (Å²) < 4.78 is 1.30. The summed E-state index contributed by atoms with van der Waals surface area (Å²) in [5.74, 6) is -0.440. The van der Waals surface area contributed by atoms with Gasteiger partial charge in [0.25, 0.3) is 5.56 Å². The zero-order valence-electron chi connectivity index (χ0n) is 7.86. The molecule has 0 radical (unpaired) electrons. The second kappa shape index (κ2) is 4.45. The van der Waals surface area contributed by atoms with Gasteiger partial charge in [-0.1, -0.05) is 0 Å². The van der Waals surface area contributed by atoms with Crippen LogP contribution in [0.4, 0.5) is 0 Å². The molecular formula is C9H12N2O3. The number of amides is 1. The Bertz CT molecular complexity index is 384. The summed E-state index contributed by atoms with van der Waals surface area (Å²) in [7, 11) is 1.54. The number of pyridine rings is 1. The molecule has 0 fully saturated rings. The van der Waals surface area contributed by atoms with E-state index in [0.29, 0.717) is 0 Å². The van der Waals surface area contributed by atoms with Crippen molar-refractivity contribution in [1.29, 1.82) is 0 Å². The molecule has 0 bridgehead atoms. The average molecular weight is 196 g/mol. The van der Waals surface area contributed by atoms with Crippen LogP contribution < -0.4 is 10.9 Å². The van der Waals surface area contributed by atoms with E-state index in [-0.39, 0.29) is 24.6 Å². The molecule has 0 aliphatic heterocycles. The van der Waals surface area contributed by atoms with Gasteiger partial charge >= 0.3 is 0 Å². The van der Waals surface area contributed by atoms with Crippen LogP contribution in [-0.2, 0) is 11.3 Å². The number of nitrogens with one attached hydrogen (secondary N) is 1. The van der Waals surface area contributed by atoms with Gasteiger partial charge in [0.05, 0.1) is 0 Å². The molecule has 5 heteroatoms. The molecule has 2 N–H and O–H groups in total. The van der Waals surface area contributed by atoms with Crippen LogP contribution in [0.25, 0.3) is 0 Å². The second-order valence-corrected chi connectivity index (χ2v) is 2.82. The first-order valence-corrected chi connectivity index (χ1v) is 4.24. The average Bonchev–Trinajstić information content (AvgIpc) is 2.20. The Morgan fingerprint density at radius 1 is 1.64 bits per heavy atom. The van der Waals surface area contributed by atoms with E-state index in [9.17, 15) is 9.59 Å². The molecule has 5 nitrogen and oxygen atoms in total. The monoisotopic (exact) mass is 196 g/mol. The van der Waals surface area contributed by atoms with Gasteiger partial charge < -0.3 is 15.0 Å². The summed E-state index contributed by atoms with van der Waals surface area (Å²) in [5, 5.41) is 11.5. The summed E-state index contributed by atoms with van der Waals surface area (Å²) in [5.41, 5.74) is -0.476. The zero-order valence-corrected chi connectivity index (χ0v) is 7.86. The molecule has 1 rings (SSSR count). The Labute approximate surface area is 81.0 Å². The Hall–Kier alpha value is -1.78. The summed E-state index contributed by atoms with van der Waals surface area (Å²) in [6, 6.07) is 2.87. The highest BCUT2D eigenvalue weighted by Crippen LogP contribution is 1.98. The molecule has 0 aliphatic carbocycles. The number of aryl methyl sites for hydroxylation is 1. The fourth-order valence-electron chi connectivity index (χ4n) is 1.05. The summed E-state index contributed by atoms with van der Waals surface area (Å²) >= 11 is 0. The first-order chi connectivity index (χ1) is 6.65. The molecule has 0 saturated carbocycles. The van der Waals surface area contributed by atoms with Crippen LogP contribution in [0.5, 0.6) is 5.75 Å². The van der Waals surface area contributed by atoms with Gasteiger partial charge in [-0.25, -0.2) is 0 Å². The molecular weight excluding hydrogens is 184 g/mol. The first-order valence-electron chi connectivity index (χ1n) is 4.24. The zero-order chi connectivity index (χ0) is 10.6. The maximum absolute atomic E-state index is 11.3. The molecule has 0 unspecified atom stereocenters. The third-order valence-corrected chi connectivity index (χ3v) is 1.86. The van der Waals surface area contributed by atoms with Crippen molar-refractivity contribution < 1.29 is 9.90 Å². The Balaban J connectivity index is 2.73. The number of aromatic hydroxyl groups is 1. The third kappa shape index (κ3) is 2.35. The molecule has 0 saturated heterocycles. The van der Waals surface area contributed by atoms with Gasteiger partial charge in [0.15, 0.2) is 5.75 Å². The van der Waals surface area contributed by atoms with Crippen LogP contribution in [0.3, 0.4) is 0 Å². The van der Waals surface area contributed by atoms with Crippen LogP contribution in [0.1, 0.15) is 6.42 Å². The lowest BCUT2D eigenvalue weighted by molar-refractivity contribution is -0.120. The minimum atomic E-state index is -0.476. The maximum Gasteiger partial charge on any atom is 0.292 e. The fourth-order valence-corrected chi connectivity index (χ4v) is 1.05. The van der Waals surface area contributed by atoms with E-state index in [1.807, 2.05) is 0 Å². The molecule has 0 atom stereocenters. The molecule has 0 spiro atoms. The predicted molar refractivity (Wildman–Crippen MR) is 51.1 cm³/mol. The highest BCUT2D eigenvalue weighted by molar-refractivity contribution is 5.75. The summed E-state index contributed by atoms with van der Waals surface area (Å²) in [6.07, 6.45) is 1.75.